The average molecular weight is 211 g/mol. The molecule has 1 unspecified atom stereocenters. The molecule has 0 aromatic heterocycles. The molecular weight excluding hydrogens is 196 g/mol. The Kier molecular flexibility index (Phi) is 2.74. The Bertz CT molecular complexity index is 388. The second kappa shape index (κ2) is 3.89. The maximum atomic E-state index is 13.9. The van der Waals surface area contributed by atoms with Crippen molar-refractivity contribution in [3.05, 3.63) is 34.4 Å². The molecule has 1 aromatic rings. The van der Waals surface area contributed by atoms with Gasteiger partial charge in [0.1, 0.15) is 11.6 Å². The van der Waals surface area contributed by atoms with Gasteiger partial charge >= 0.3 is 0 Å². The summed E-state index contributed by atoms with van der Waals surface area (Å²) >= 11 is 0. The average Bonchev–Trinajstić information content (AvgIpc) is 2.25. The lowest BCUT2D eigenvalue weighted by Gasteiger charge is -2.26. The minimum absolute atomic E-state index is 0.0388. The van der Waals surface area contributed by atoms with Crippen molar-refractivity contribution in [2.45, 2.75) is 32.2 Å². The molecule has 0 fully saturated rings. The number of hydrogen-bond acceptors (Lipinski definition) is 1. The van der Waals surface area contributed by atoms with Crippen LogP contribution in [0.3, 0.4) is 0 Å². The summed E-state index contributed by atoms with van der Waals surface area (Å²) in [5, 5.41) is 3.05. The van der Waals surface area contributed by atoms with Crippen LogP contribution in [0, 0.1) is 18.6 Å². The molecule has 0 saturated carbocycles. The second-order valence-electron chi connectivity index (χ2n) is 4.11. The van der Waals surface area contributed by atoms with Gasteiger partial charge in [-0.15, -0.1) is 0 Å². The van der Waals surface area contributed by atoms with Crippen molar-refractivity contribution in [1.82, 2.24) is 5.32 Å². The van der Waals surface area contributed by atoms with Crippen LogP contribution < -0.4 is 5.32 Å². The molecule has 2 rings (SSSR count). The zero-order valence-electron chi connectivity index (χ0n) is 9.03. The molecule has 15 heavy (non-hydrogen) atoms. The van der Waals surface area contributed by atoms with Gasteiger partial charge in [-0.2, -0.15) is 0 Å². The Hall–Kier alpha value is -0.960. The highest BCUT2D eigenvalue weighted by atomic mass is 19.1. The van der Waals surface area contributed by atoms with E-state index >= 15 is 0 Å². The summed E-state index contributed by atoms with van der Waals surface area (Å²) in [7, 11) is 1.79. The number of halogens is 2. The third-order valence-electron chi connectivity index (χ3n) is 3.16. The number of nitrogens with one attached hydrogen (secondary N) is 1. The van der Waals surface area contributed by atoms with Gasteiger partial charge in [0.25, 0.3) is 0 Å². The third-order valence-corrected chi connectivity index (χ3v) is 3.16. The van der Waals surface area contributed by atoms with Crippen molar-refractivity contribution in [3.63, 3.8) is 0 Å². The highest BCUT2D eigenvalue weighted by molar-refractivity contribution is 5.38. The standard InChI is InChI=1S/C12H15F2N/c1-7-6-9(13)8-4-3-5-10(15-2)11(8)12(7)14/h6,10,15H,3-5H2,1-2H3. The summed E-state index contributed by atoms with van der Waals surface area (Å²) in [6.07, 6.45) is 2.44. The van der Waals surface area contributed by atoms with Crippen LogP contribution in [0.4, 0.5) is 8.78 Å². The molecule has 0 heterocycles. The van der Waals surface area contributed by atoms with Gasteiger partial charge in [-0.25, -0.2) is 8.78 Å². The minimum atomic E-state index is -0.260. The van der Waals surface area contributed by atoms with Crippen LogP contribution in [0.5, 0.6) is 0 Å². The van der Waals surface area contributed by atoms with Gasteiger partial charge in [0, 0.05) is 11.6 Å². The summed E-state index contributed by atoms with van der Waals surface area (Å²) in [5.41, 5.74) is 1.50. The molecule has 0 bridgehead atoms. The predicted octanol–water partition coefficient (Wildman–Crippen LogP) is 2.87. The minimum Gasteiger partial charge on any atom is -0.313 e. The van der Waals surface area contributed by atoms with Gasteiger partial charge in [0.05, 0.1) is 0 Å². The molecule has 3 heteroatoms. The molecule has 1 aromatic carbocycles. The van der Waals surface area contributed by atoms with E-state index < -0.39 is 0 Å². The Labute approximate surface area is 88.5 Å². The first kappa shape index (κ1) is 10.6. The quantitative estimate of drug-likeness (QED) is 0.753. The number of rotatable bonds is 1. The first-order valence-electron chi connectivity index (χ1n) is 5.29. The summed E-state index contributed by atoms with van der Waals surface area (Å²) in [6.45, 7) is 1.61. The van der Waals surface area contributed by atoms with Crippen molar-refractivity contribution in [2.75, 3.05) is 7.05 Å². The maximum absolute atomic E-state index is 13.9. The monoisotopic (exact) mass is 211 g/mol. The molecule has 1 nitrogen and oxygen atoms in total. The van der Waals surface area contributed by atoms with Gasteiger partial charge < -0.3 is 5.32 Å². The Morgan fingerprint density at radius 1 is 1.40 bits per heavy atom. The lowest BCUT2D eigenvalue weighted by atomic mass is 9.86. The molecule has 1 atom stereocenters. The van der Waals surface area contributed by atoms with Crippen molar-refractivity contribution < 1.29 is 8.78 Å². The Morgan fingerprint density at radius 2 is 2.13 bits per heavy atom. The van der Waals surface area contributed by atoms with Gasteiger partial charge in [-0.3, -0.25) is 0 Å². The summed E-state index contributed by atoms with van der Waals surface area (Å²) in [4.78, 5) is 0. The van der Waals surface area contributed by atoms with E-state index in [9.17, 15) is 8.78 Å². The van der Waals surface area contributed by atoms with E-state index in [0.29, 0.717) is 23.1 Å². The maximum Gasteiger partial charge on any atom is 0.131 e. The molecule has 82 valence electrons. The number of benzene rings is 1. The molecule has 1 aliphatic carbocycles. The first-order valence-corrected chi connectivity index (χ1v) is 5.29. The Morgan fingerprint density at radius 3 is 2.80 bits per heavy atom. The molecule has 0 saturated heterocycles. The van der Waals surface area contributed by atoms with Crippen molar-refractivity contribution in [1.29, 1.82) is 0 Å². The zero-order valence-corrected chi connectivity index (χ0v) is 9.03. The van der Waals surface area contributed by atoms with Gasteiger partial charge in [0.15, 0.2) is 0 Å². The van der Waals surface area contributed by atoms with Crippen LogP contribution in [0.25, 0.3) is 0 Å². The van der Waals surface area contributed by atoms with E-state index in [1.54, 1.807) is 14.0 Å². The largest absolute Gasteiger partial charge is 0.313 e. The fourth-order valence-corrected chi connectivity index (χ4v) is 2.35. The Balaban J connectivity index is 2.62. The van der Waals surface area contributed by atoms with Gasteiger partial charge in [-0.1, -0.05) is 0 Å². The SMILES string of the molecule is CNC1CCCc2c(F)cc(C)c(F)c21. The van der Waals surface area contributed by atoms with Gasteiger partial charge in [0.2, 0.25) is 0 Å². The van der Waals surface area contributed by atoms with E-state index in [-0.39, 0.29) is 17.7 Å². The smallest absolute Gasteiger partial charge is 0.131 e. The number of aryl methyl sites for hydroxylation is 1. The molecule has 0 aliphatic heterocycles. The van der Waals surface area contributed by atoms with Gasteiger partial charge in [-0.05, 0) is 50.4 Å². The fraction of sp³-hybridized carbons (Fsp3) is 0.500. The van der Waals surface area contributed by atoms with E-state index in [0.717, 1.165) is 12.8 Å². The van der Waals surface area contributed by atoms with E-state index in [2.05, 4.69) is 5.32 Å². The normalized spacial score (nSPS) is 20.1. The van der Waals surface area contributed by atoms with Crippen LogP contribution in [0.15, 0.2) is 6.07 Å². The van der Waals surface area contributed by atoms with Crippen LogP contribution in [-0.2, 0) is 6.42 Å². The van der Waals surface area contributed by atoms with Crippen LogP contribution in [-0.4, -0.2) is 7.05 Å². The predicted molar refractivity (Wildman–Crippen MR) is 55.8 cm³/mol. The third kappa shape index (κ3) is 1.65. The summed E-state index contributed by atoms with van der Waals surface area (Å²) < 4.78 is 27.5. The van der Waals surface area contributed by atoms with Crippen LogP contribution in [0.2, 0.25) is 0 Å². The van der Waals surface area contributed by atoms with Crippen molar-refractivity contribution in [2.24, 2.45) is 0 Å². The topological polar surface area (TPSA) is 12.0 Å². The molecular formula is C12H15F2N. The number of fused-ring (bicyclic) bond motifs is 1. The fourth-order valence-electron chi connectivity index (χ4n) is 2.35. The van der Waals surface area contributed by atoms with E-state index in [1.807, 2.05) is 0 Å². The molecule has 0 amide bonds. The lowest BCUT2D eigenvalue weighted by Crippen LogP contribution is -2.24. The van der Waals surface area contributed by atoms with Crippen molar-refractivity contribution in [3.8, 4) is 0 Å². The molecule has 1 N–H and O–H groups in total. The number of hydrogen-bond donors (Lipinski definition) is 1. The van der Waals surface area contributed by atoms with Crippen LogP contribution >= 0.6 is 0 Å². The summed E-state index contributed by atoms with van der Waals surface area (Å²) in [6, 6.07) is 1.26. The first-order chi connectivity index (χ1) is 7.15. The molecule has 0 radical (unpaired) electrons. The van der Waals surface area contributed by atoms with E-state index in [1.165, 1.54) is 6.07 Å². The second-order valence-corrected chi connectivity index (χ2v) is 4.11. The molecule has 0 spiro atoms. The van der Waals surface area contributed by atoms with E-state index in [4.69, 9.17) is 0 Å². The highest BCUT2D eigenvalue weighted by Gasteiger charge is 2.26. The molecule has 1 aliphatic rings. The van der Waals surface area contributed by atoms with Crippen LogP contribution in [0.1, 0.15) is 35.6 Å². The lowest BCUT2D eigenvalue weighted by molar-refractivity contribution is 0.447. The van der Waals surface area contributed by atoms with Crippen molar-refractivity contribution >= 4 is 0 Å². The highest BCUT2D eigenvalue weighted by Crippen LogP contribution is 2.34. The summed E-state index contributed by atoms with van der Waals surface area (Å²) in [5.74, 6) is -0.505. The zero-order chi connectivity index (χ0) is 11.0.